The first kappa shape index (κ1) is 23.3. The molecule has 1 saturated heterocycles. The van der Waals surface area contributed by atoms with E-state index in [0.29, 0.717) is 49.5 Å². The van der Waals surface area contributed by atoms with Crippen molar-refractivity contribution in [3.63, 3.8) is 0 Å². The van der Waals surface area contributed by atoms with Crippen LogP contribution in [-0.4, -0.2) is 70.6 Å². The molecule has 1 aliphatic rings. The number of hydrogen-bond donors (Lipinski definition) is 2. The standard InChI is InChI=1S/C21H26ClN7O3/c1-4-32-21(31)29-11-9-28(10-12-29)19(26-18-23-14(2)13-15(3)24-18)27-20(30)25-17-7-5-16(22)6-8-17/h5-8,13H,4,9-12H2,1-3H3,(H2,23,24,25,26,27,30). The van der Waals surface area contributed by atoms with Gasteiger partial charge in [0.2, 0.25) is 5.96 Å². The highest BCUT2D eigenvalue weighted by Crippen LogP contribution is 2.14. The number of nitrogens with one attached hydrogen (secondary N) is 2. The van der Waals surface area contributed by atoms with Crippen LogP contribution in [0, 0.1) is 13.8 Å². The SMILES string of the molecule is CCOC(=O)N1CCN(/C(=N/c2nc(C)cc(C)n2)NC(=O)Nc2ccc(Cl)cc2)CC1. The molecule has 1 fully saturated rings. The molecular weight excluding hydrogens is 434 g/mol. The summed E-state index contributed by atoms with van der Waals surface area (Å²) in [5.74, 6) is 0.544. The Balaban J connectivity index is 1.77. The van der Waals surface area contributed by atoms with Gasteiger partial charge < -0.3 is 19.9 Å². The Morgan fingerprint density at radius 2 is 1.66 bits per heavy atom. The van der Waals surface area contributed by atoms with E-state index >= 15 is 0 Å². The molecule has 3 rings (SSSR count). The van der Waals surface area contributed by atoms with E-state index in [1.807, 2.05) is 24.8 Å². The lowest BCUT2D eigenvalue weighted by atomic mass is 10.3. The second-order valence-corrected chi connectivity index (χ2v) is 7.58. The predicted molar refractivity (Wildman–Crippen MR) is 122 cm³/mol. The highest BCUT2D eigenvalue weighted by molar-refractivity contribution is 6.30. The van der Waals surface area contributed by atoms with Crippen molar-refractivity contribution in [2.75, 3.05) is 38.1 Å². The summed E-state index contributed by atoms with van der Waals surface area (Å²) in [4.78, 5) is 41.3. The lowest BCUT2D eigenvalue weighted by Gasteiger charge is -2.35. The Morgan fingerprint density at radius 1 is 1.06 bits per heavy atom. The first-order chi connectivity index (χ1) is 15.3. The monoisotopic (exact) mass is 459 g/mol. The van der Waals surface area contributed by atoms with Crippen molar-refractivity contribution in [2.45, 2.75) is 20.8 Å². The Morgan fingerprint density at radius 3 is 2.25 bits per heavy atom. The lowest BCUT2D eigenvalue weighted by Crippen LogP contribution is -2.55. The van der Waals surface area contributed by atoms with Crippen LogP contribution in [0.5, 0.6) is 0 Å². The Bertz CT molecular complexity index is 969. The normalized spacial score (nSPS) is 14.2. The molecule has 0 aliphatic carbocycles. The zero-order valence-corrected chi connectivity index (χ0v) is 19.0. The van der Waals surface area contributed by atoms with Crippen molar-refractivity contribution >= 4 is 41.3 Å². The molecule has 0 radical (unpaired) electrons. The fraction of sp³-hybridized carbons (Fsp3) is 0.381. The molecule has 0 unspecified atom stereocenters. The zero-order chi connectivity index (χ0) is 23.1. The van der Waals surface area contributed by atoms with Crippen molar-refractivity contribution in [1.29, 1.82) is 0 Å². The highest BCUT2D eigenvalue weighted by Gasteiger charge is 2.25. The third-order valence-electron chi connectivity index (χ3n) is 4.61. The summed E-state index contributed by atoms with van der Waals surface area (Å²) in [5, 5.41) is 6.11. The minimum absolute atomic E-state index is 0.247. The topological polar surface area (TPSA) is 112 Å². The number of ether oxygens (including phenoxy) is 1. The number of rotatable bonds is 3. The van der Waals surface area contributed by atoms with Crippen molar-refractivity contribution in [1.82, 2.24) is 25.1 Å². The van der Waals surface area contributed by atoms with Gasteiger partial charge in [-0.1, -0.05) is 11.6 Å². The molecule has 2 aromatic rings. The van der Waals surface area contributed by atoms with Crippen LogP contribution in [-0.2, 0) is 4.74 Å². The number of urea groups is 1. The summed E-state index contributed by atoms with van der Waals surface area (Å²) in [5.41, 5.74) is 2.13. The average Bonchev–Trinajstić information content (AvgIpc) is 2.74. The summed E-state index contributed by atoms with van der Waals surface area (Å²) >= 11 is 5.90. The summed E-state index contributed by atoms with van der Waals surface area (Å²) in [6.07, 6.45) is -0.350. The fourth-order valence-corrected chi connectivity index (χ4v) is 3.27. The van der Waals surface area contributed by atoms with Crippen LogP contribution >= 0.6 is 11.6 Å². The summed E-state index contributed by atoms with van der Waals surface area (Å²) in [6, 6.07) is 8.14. The number of aliphatic imine (C=N–C) groups is 1. The van der Waals surface area contributed by atoms with Gasteiger partial charge in [0.05, 0.1) is 6.61 Å². The second kappa shape index (κ2) is 10.8. The third kappa shape index (κ3) is 6.55. The van der Waals surface area contributed by atoms with Crippen LogP contribution in [0.25, 0.3) is 0 Å². The van der Waals surface area contributed by atoms with E-state index in [0.717, 1.165) is 11.4 Å². The van der Waals surface area contributed by atoms with E-state index in [-0.39, 0.29) is 12.0 Å². The number of carbonyl (C=O) groups is 2. The third-order valence-corrected chi connectivity index (χ3v) is 4.86. The zero-order valence-electron chi connectivity index (χ0n) is 18.3. The number of guanidine groups is 1. The molecule has 2 heterocycles. The maximum absolute atomic E-state index is 12.6. The minimum atomic E-state index is -0.469. The van der Waals surface area contributed by atoms with Gasteiger partial charge in [0.15, 0.2) is 0 Å². The number of carbonyl (C=O) groups excluding carboxylic acids is 2. The van der Waals surface area contributed by atoms with Crippen molar-refractivity contribution in [3.05, 3.63) is 46.7 Å². The average molecular weight is 460 g/mol. The van der Waals surface area contributed by atoms with Crippen molar-refractivity contribution in [2.24, 2.45) is 4.99 Å². The molecule has 0 atom stereocenters. The van der Waals surface area contributed by atoms with Gasteiger partial charge in [0, 0.05) is 48.3 Å². The van der Waals surface area contributed by atoms with Gasteiger partial charge in [0.25, 0.3) is 5.95 Å². The molecule has 1 aromatic heterocycles. The van der Waals surface area contributed by atoms with Gasteiger partial charge in [-0.2, -0.15) is 4.99 Å². The number of nitrogens with zero attached hydrogens (tertiary/aromatic N) is 5. The number of benzene rings is 1. The molecule has 0 spiro atoms. The molecule has 3 amide bonds. The Hall–Kier alpha value is -3.40. The number of anilines is 1. The smallest absolute Gasteiger partial charge is 0.409 e. The van der Waals surface area contributed by atoms with Gasteiger partial charge in [0.1, 0.15) is 0 Å². The highest BCUT2D eigenvalue weighted by atomic mass is 35.5. The van der Waals surface area contributed by atoms with Gasteiger partial charge >= 0.3 is 12.1 Å². The molecule has 10 nitrogen and oxygen atoms in total. The van der Waals surface area contributed by atoms with Crippen LogP contribution in [0.4, 0.5) is 21.2 Å². The second-order valence-electron chi connectivity index (χ2n) is 7.15. The molecule has 32 heavy (non-hydrogen) atoms. The summed E-state index contributed by atoms with van der Waals surface area (Å²) in [7, 11) is 0. The van der Waals surface area contributed by atoms with Crippen molar-refractivity contribution in [3.8, 4) is 0 Å². The number of halogens is 1. The van der Waals surface area contributed by atoms with Gasteiger partial charge in [-0.05, 0) is 51.1 Å². The van der Waals surface area contributed by atoms with E-state index < -0.39 is 6.03 Å². The van der Waals surface area contributed by atoms with Gasteiger partial charge in [-0.15, -0.1) is 0 Å². The maximum Gasteiger partial charge on any atom is 0.409 e. The van der Waals surface area contributed by atoms with Crippen LogP contribution < -0.4 is 10.6 Å². The molecule has 11 heteroatoms. The Kier molecular flexibility index (Phi) is 7.82. The first-order valence-electron chi connectivity index (χ1n) is 10.2. The van der Waals surface area contributed by atoms with Crippen LogP contribution in [0.3, 0.4) is 0 Å². The predicted octanol–water partition coefficient (Wildman–Crippen LogP) is 3.33. The van der Waals surface area contributed by atoms with Crippen LogP contribution in [0.15, 0.2) is 35.3 Å². The molecule has 0 saturated carbocycles. The molecular formula is C21H26ClN7O3. The molecule has 2 N–H and O–H groups in total. The van der Waals surface area contributed by atoms with Crippen LogP contribution in [0.1, 0.15) is 18.3 Å². The lowest BCUT2D eigenvalue weighted by molar-refractivity contribution is 0.0915. The molecule has 1 aromatic carbocycles. The molecule has 0 bridgehead atoms. The van der Waals surface area contributed by atoms with Gasteiger partial charge in [-0.3, -0.25) is 5.32 Å². The molecule has 170 valence electrons. The number of aryl methyl sites for hydroxylation is 2. The largest absolute Gasteiger partial charge is 0.450 e. The number of hydrogen-bond acceptors (Lipinski definition) is 6. The van der Waals surface area contributed by atoms with E-state index in [4.69, 9.17) is 16.3 Å². The first-order valence-corrected chi connectivity index (χ1v) is 10.6. The molecule has 1 aliphatic heterocycles. The number of aromatic nitrogens is 2. The van der Waals surface area contributed by atoms with E-state index in [1.54, 1.807) is 36.1 Å². The number of piperazine rings is 1. The maximum atomic E-state index is 12.6. The van der Waals surface area contributed by atoms with Crippen LogP contribution in [0.2, 0.25) is 5.02 Å². The Labute approximate surface area is 191 Å². The summed E-state index contributed by atoms with van der Waals surface area (Å²) < 4.78 is 5.07. The van der Waals surface area contributed by atoms with Gasteiger partial charge in [-0.25, -0.2) is 19.6 Å². The van der Waals surface area contributed by atoms with E-state index in [9.17, 15) is 9.59 Å². The van der Waals surface area contributed by atoms with E-state index in [2.05, 4.69) is 25.6 Å². The van der Waals surface area contributed by atoms with Crippen molar-refractivity contribution < 1.29 is 14.3 Å². The number of amides is 3. The summed E-state index contributed by atoms with van der Waals surface area (Å²) in [6.45, 7) is 7.60. The minimum Gasteiger partial charge on any atom is -0.450 e. The quantitative estimate of drug-likeness (QED) is 0.537. The fourth-order valence-electron chi connectivity index (χ4n) is 3.14. The van der Waals surface area contributed by atoms with E-state index in [1.165, 1.54) is 0 Å².